The van der Waals surface area contributed by atoms with Crippen LogP contribution in [-0.2, 0) is 0 Å². The minimum absolute atomic E-state index is 0.337. The van der Waals surface area contributed by atoms with Gasteiger partial charge in [-0.05, 0) is 34.7 Å². The molecule has 4 heteroatoms. The van der Waals surface area contributed by atoms with Crippen molar-refractivity contribution < 1.29 is 4.79 Å². The summed E-state index contributed by atoms with van der Waals surface area (Å²) in [5.74, 6) is -0.486. The third kappa shape index (κ3) is 1.57. The second-order valence-corrected chi connectivity index (χ2v) is 4.04. The highest BCUT2D eigenvalue weighted by Crippen LogP contribution is 2.17. The average molecular weight is 298 g/mol. The van der Waals surface area contributed by atoms with E-state index < -0.39 is 5.91 Å². The number of carbonyl (C=O) groups is 1. The Morgan fingerprint density at radius 1 is 1.36 bits per heavy atom. The molecule has 14 heavy (non-hydrogen) atoms. The number of nitrogens with two attached hydrogens (primary N) is 1. The largest absolute Gasteiger partial charge is 0.364 e. The molecule has 0 unspecified atom stereocenters. The number of pyridine rings is 1. The van der Waals surface area contributed by atoms with Gasteiger partial charge >= 0.3 is 0 Å². The van der Waals surface area contributed by atoms with E-state index in [1.165, 1.54) is 0 Å². The number of nitrogens with zero attached hydrogens (tertiary/aromatic N) is 1. The molecule has 0 fully saturated rings. The maximum atomic E-state index is 11.0. The first-order chi connectivity index (χ1) is 6.68. The Bertz CT molecular complexity index is 510. The van der Waals surface area contributed by atoms with Crippen LogP contribution in [0.1, 0.15) is 10.5 Å². The number of para-hydroxylation sites is 1. The van der Waals surface area contributed by atoms with E-state index in [1.54, 1.807) is 0 Å². The SMILES string of the molecule is NC(=O)c1nc2ccccc2cc1I. The van der Waals surface area contributed by atoms with Crippen molar-refractivity contribution in [2.45, 2.75) is 0 Å². The smallest absolute Gasteiger partial charge is 0.268 e. The van der Waals surface area contributed by atoms with Crippen LogP contribution in [0.25, 0.3) is 10.9 Å². The van der Waals surface area contributed by atoms with Crippen molar-refractivity contribution >= 4 is 39.4 Å². The molecule has 2 N–H and O–H groups in total. The summed E-state index contributed by atoms with van der Waals surface area (Å²) in [5.41, 5.74) is 6.33. The van der Waals surface area contributed by atoms with Gasteiger partial charge in [0.05, 0.1) is 5.52 Å². The van der Waals surface area contributed by atoms with Gasteiger partial charge < -0.3 is 5.73 Å². The lowest BCUT2D eigenvalue weighted by Gasteiger charge is -2.01. The third-order valence-electron chi connectivity index (χ3n) is 1.91. The van der Waals surface area contributed by atoms with Crippen LogP contribution in [0, 0.1) is 3.57 Å². The molecule has 0 bridgehead atoms. The summed E-state index contributed by atoms with van der Waals surface area (Å²) in [4.78, 5) is 15.2. The van der Waals surface area contributed by atoms with Crippen molar-refractivity contribution in [3.63, 3.8) is 0 Å². The van der Waals surface area contributed by atoms with Crippen molar-refractivity contribution in [2.24, 2.45) is 5.73 Å². The van der Waals surface area contributed by atoms with E-state index in [9.17, 15) is 4.79 Å². The first-order valence-corrected chi connectivity index (χ1v) is 5.11. The van der Waals surface area contributed by atoms with Crippen molar-refractivity contribution in [3.8, 4) is 0 Å². The molecular weight excluding hydrogens is 291 g/mol. The fraction of sp³-hybridized carbons (Fsp3) is 0. The van der Waals surface area contributed by atoms with E-state index in [4.69, 9.17) is 5.73 Å². The van der Waals surface area contributed by atoms with E-state index in [0.29, 0.717) is 5.69 Å². The van der Waals surface area contributed by atoms with Gasteiger partial charge in [-0.2, -0.15) is 0 Å². The molecule has 0 radical (unpaired) electrons. The molecule has 1 aromatic heterocycles. The van der Waals surface area contributed by atoms with Crippen molar-refractivity contribution in [3.05, 3.63) is 39.6 Å². The van der Waals surface area contributed by atoms with Gasteiger partial charge in [0.25, 0.3) is 5.91 Å². The van der Waals surface area contributed by atoms with Crippen LogP contribution in [0.3, 0.4) is 0 Å². The highest BCUT2D eigenvalue weighted by atomic mass is 127. The fourth-order valence-corrected chi connectivity index (χ4v) is 1.98. The number of amides is 1. The van der Waals surface area contributed by atoms with E-state index >= 15 is 0 Å². The predicted molar refractivity (Wildman–Crippen MR) is 63.0 cm³/mol. The van der Waals surface area contributed by atoms with Gasteiger partial charge in [-0.3, -0.25) is 4.79 Å². The van der Waals surface area contributed by atoms with Gasteiger partial charge in [-0.25, -0.2) is 4.98 Å². The predicted octanol–water partition coefficient (Wildman–Crippen LogP) is 1.94. The van der Waals surface area contributed by atoms with Gasteiger partial charge in [0.1, 0.15) is 5.69 Å². The number of hydrogen-bond donors (Lipinski definition) is 1. The van der Waals surface area contributed by atoms with E-state index in [2.05, 4.69) is 27.6 Å². The van der Waals surface area contributed by atoms with E-state index in [-0.39, 0.29) is 0 Å². The first-order valence-electron chi connectivity index (χ1n) is 4.03. The molecule has 2 rings (SSSR count). The normalized spacial score (nSPS) is 10.4. The molecule has 0 saturated carbocycles. The highest BCUT2D eigenvalue weighted by molar-refractivity contribution is 14.1. The number of rotatable bonds is 1. The molecule has 3 nitrogen and oxygen atoms in total. The molecule has 0 saturated heterocycles. The summed E-state index contributed by atoms with van der Waals surface area (Å²) in [5, 5.41) is 1.02. The summed E-state index contributed by atoms with van der Waals surface area (Å²) in [6.45, 7) is 0. The lowest BCUT2D eigenvalue weighted by molar-refractivity contribution is 0.0995. The topological polar surface area (TPSA) is 56.0 Å². The fourth-order valence-electron chi connectivity index (χ4n) is 1.26. The Hall–Kier alpha value is -1.17. The Kier molecular flexibility index (Phi) is 2.37. The molecular formula is C10H7IN2O. The zero-order chi connectivity index (χ0) is 10.1. The van der Waals surface area contributed by atoms with Crippen LogP contribution >= 0.6 is 22.6 Å². The summed E-state index contributed by atoms with van der Waals surface area (Å²) in [6.07, 6.45) is 0. The number of benzene rings is 1. The molecule has 0 aliphatic carbocycles. The second-order valence-electron chi connectivity index (χ2n) is 2.88. The Balaban J connectivity index is 2.77. The molecule has 1 amide bonds. The van der Waals surface area contributed by atoms with Gasteiger partial charge in [-0.1, -0.05) is 18.2 Å². The maximum absolute atomic E-state index is 11.0. The van der Waals surface area contributed by atoms with Gasteiger partial charge in [-0.15, -0.1) is 0 Å². The summed E-state index contributed by atoms with van der Waals surface area (Å²) in [6, 6.07) is 9.53. The van der Waals surface area contributed by atoms with Crippen molar-refractivity contribution in [1.29, 1.82) is 0 Å². The minimum Gasteiger partial charge on any atom is -0.364 e. The van der Waals surface area contributed by atoms with Crippen molar-refractivity contribution in [2.75, 3.05) is 0 Å². The van der Waals surface area contributed by atoms with Crippen molar-refractivity contribution in [1.82, 2.24) is 4.98 Å². The van der Waals surface area contributed by atoms with Gasteiger partial charge in [0.15, 0.2) is 0 Å². The van der Waals surface area contributed by atoms with Crippen LogP contribution in [0.5, 0.6) is 0 Å². The molecule has 0 aliphatic heterocycles. The monoisotopic (exact) mass is 298 g/mol. The number of fused-ring (bicyclic) bond motifs is 1. The zero-order valence-corrected chi connectivity index (χ0v) is 9.36. The molecule has 1 heterocycles. The van der Waals surface area contributed by atoms with Gasteiger partial charge in [0, 0.05) is 8.96 Å². The quantitative estimate of drug-likeness (QED) is 0.818. The van der Waals surface area contributed by atoms with Crippen LogP contribution < -0.4 is 5.73 Å². The summed E-state index contributed by atoms with van der Waals surface area (Å²) < 4.78 is 0.786. The highest BCUT2D eigenvalue weighted by Gasteiger charge is 2.08. The van der Waals surface area contributed by atoms with Crippen LogP contribution in [0.2, 0.25) is 0 Å². The van der Waals surface area contributed by atoms with Crippen LogP contribution in [-0.4, -0.2) is 10.9 Å². The standard InChI is InChI=1S/C10H7IN2O/c11-7-5-6-3-1-2-4-8(6)13-9(7)10(12)14/h1-5H,(H2,12,14). The minimum atomic E-state index is -0.486. The van der Waals surface area contributed by atoms with Crippen LogP contribution in [0.4, 0.5) is 0 Å². The Morgan fingerprint density at radius 3 is 2.79 bits per heavy atom. The lowest BCUT2D eigenvalue weighted by atomic mass is 10.2. The molecule has 2 aromatic rings. The van der Waals surface area contributed by atoms with E-state index in [1.807, 2.05) is 30.3 Å². The molecule has 1 aromatic carbocycles. The molecule has 70 valence electrons. The third-order valence-corrected chi connectivity index (χ3v) is 2.73. The number of halogens is 1. The maximum Gasteiger partial charge on any atom is 0.268 e. The van der Waals surface area contributed by atoms with Crippen LogP contribution in [0.15, 0.2) is 30.3 Å². The Morgan fingerprint density at radius 2 is 2.07 bits per heavy atom. The molecule has 0 atom stereocenters. The lowest BCUT2D eigenvalue weighted by Crippen LogP contribution is -2.14. The van der Waals surface area contributed by atoms with E-state index in [0.717, 1.165) is 14.5 Å². The summed E-state index contributed by atoms with van der Waals surface area (Å²) >= 11 is 2.06. The first kappa shape index (κ1) is 9.39. The molecule has 0 spiro atoms. The number of aromatic nitrogens is 1. The summed E-state index contributed by atoms with van der Waals surface area (Å²) in [7, 11) is 0. The number of hydrogen-bond acceptors (Lipinski definition) is 2. The molecule has 0 aliphatic rings. The second kappa shape index (κ2) is 3.53. The Labute approximate surface area is 94.5 Å². The number of primary amides is 1. The zero-order valence-electron chi connectivity index (χ0n) is 7.20. The number of carbonyl (C=O) groups excluding carboxylic acids is 1. The van der Waals surface area contributed by atoms with Gasteiger partial charge in [0.2, 0.25) is 0 Å². The average Bonchev–Trinajstić information content (AvgIpc) is 2.16.